The fourth-order valence-electron chi connectivity index (χ4n) is 2.65. The number of ether oxygens (including phenoxy) is 2. The molecule has 0 bridgehead atoms. The monoisotopic (exact) mass is 364 g/mol. The van der Waals surface area contributed by atoms with Gasteiger partial charge in [0.15, 0.2) is 17.1 Å². The van der Waals surface area contributed by atoms with Crippen molar-refractivity contribution in [3.05, 3.63) is 58.6 Å². The molecule has 2 aromatic heterocycles. The molecule has 0 unspecified atom stereocenters. The van der Waals surface area contributed by atoms with Crippen LogP contribution in [0.25, 0.3) is 5.65 Å². The van der Waals surface area contributed by atoms with E-state index in [0.717, 1.165) is 5.56 Å². The van der Waals surface area contributed by atoms with Gasteiger partial charge in [-0.25, -0.2) is 4.79 Å². The van der Waals surface area contributed by atoms with Crippen LogP contribution in [0.2, 0.25) is 0 Å². The Balaban J connectivity index is 1.74. The SMILES string of the molecule is COc1cc(CN(C)Cn2nc3ccccn3c2=O)ccc1OC(F)F. The molecule has 0 aliphatic rings. The quantitative estimate of drug-likeness (QED) is 0.643. The summed E-state index contributed by atoms with van der Waals surface area (Å²) in [6.07, 6.45) is 1.66. The van der Waals surface area contributed by atoms with Crippen molar-refractivity contribution in [3.8, 4) is 11.5 Å². The predicted octanol–water partition coefficient (Wildman–Crippen LogP) is 2.20. The third-order valence-corrected chi connectivity index (χ3v) is 3.76. The van der Waals surface area contributed by atoms with Gasteiger partial charge >= 0.3 is 12.3 Å². The van der Waals surface area contributed by atoms with Crippen LogP contribution in [-0.4, -0.2) is 39.9 Å². The van der Waals surface area contributed by atoms with Gasteiger partial charge in [0.1, 0.15) is 0 Å². The van der Waals surface area contributed by atoms with Crippen LogP contribution in [0.4, 0.5) is 8.78 Å². The Morgan fingerprint density at radius 3 is 2.73 bits per heavy atom. The summed E-state index contributed by atoms with van der Waals surface area (Å²) in [6.45, 7) is -2.18. The molecule has 0 amide bonds. The van der Waals surface area contributed by atoms with E-state index in [9.17, 15) is 13.6 Å². The Bertz CT molecular complexity index is 955. The van der Waals surface area contributed by atoms with Gasteiger partial charge in [-0.1, -0.05) is 12.1 Å². The van der Waals surface area contributed by atoms with E-state index < -0.39 is 6.61 Å². The highest BCUT2D eigenvalue weighted by atomic mass is 19.3. The Morgan fingerprint density at radius 2 is 2.04 bits per heavy atom. The fraction of sp³-hybridized carbons (Fsp3) is 0.294. The zero-order valence-electron chi connectivity index (χ0n) is 14.3. The van der Waals surface area contributed by atoms with Crippen molar-refractivity contribution in [2.45, 2.75) is 19.8 Å². The van der Waals surface area contributed by atoms with Gasteiger partial charge in [0.05, 0.1) is 13.8 Å². The van der Waals surface area contributed by atoms with Crippen LogP contribution in [0.1, 0.15) is 5.56 Å². The molecule has 9 heteroatoms. The van der Waals surface area contributed by atoms with Gasteiger partial charge in [-0.05, 0) is 36.9 Å². The lowest BCUT2D eigenvalue weighted by Gasteiger charge is -2.17. The maximum atomic E-state index is 12.4. The van der Waals surface area contributed by atoms with Gasteiger partial charge in [-0.15, -0.1) is 5.10 Å². The molecule has 0 aliphatic carbocycles. The number of rotatable bonds is 7. The smallest absolute Gasteiger partial charge is 0.387 e. The number of hydrogen-bond acceptors (Lipinski definition) is 5. The lowest BCUT2D eigenvalue weighted by atomic mass is 10.2. The number of fused-ring (bicyclic) bond motifs is 1. The minimum Gasteiger partial charge on any atom is -0.493 e. The summed E-state index contributed by atoms with van der Waals surface area (Å²) < 4.78 is 37.1. The van der Waals surface area contributed by atoms with Crippen LogP contribution >= 0.6 is 0 Å². The van der Waals surface area contributed by atoms with Crippen LogP contribution < -0.4 is 15.2 Å². The molecule has 0 spiro atoms. The van der Waals surface area contributed by atoms with E-state index in [1.165, 1.54) is 22.3 Å². The summed E-state index contributed by atoms with van der Waals surface area (Å²) in [4.78, 5) is 14.2. The molecule has 138 valence electrons. The molecule has 0 aliphatic heterocycles. The number of pyridine rings is 1. The van der Waals surface area contributed by atoms with Gasteiger partial charge < -0.3 is 9.47 Å². The number of nitrogens with zero attached hydrogens (tertiary/aromatic N) is 4. The molecule has 0 N–H and O–H groups in total. The molecular weight excluding hydrogens is 346 g/mol. The van der Waals surface area contributed by atoms with Crippen LogP contribution in [-0.2, 0) is 13.2 Å². The van der Waals surface area contributed by atoms with E-state index in [1.54, 1.807) is 30.5 Å². The highest BCUT2D eigenvalue weighted by Gasteiger charge is 2.13. The highest BCUT2D eigenvalue weighted by Crippen LogP contribution is 2.29. The highest BCUT2D eigenvalue weighted by molar-refractivity contribution is 5.43. The normalized spacial score (nSPS) is 11.5. The number of hydrogen-bond donors (Lipinski definition) is 0. The minimum atomic E-state index is -2.92. The molecule has 7 nitrogen and oxygen atoms in total. The third-order valence-electron chi connectivity index (χ3n) is 3.76. The zero-order valence-corrected chi connectivity index (χ0v) is 14.3. The number of aromatic nitrogens is 3. The number of halogens is 2. The van der Waals surface area contributed by atoms with Crippen molar-refractivity contribution < 1.29 is 18.3 Å². The van der Waals surface area contributed by atoms with Gasteiger partial charge in [-0.2, -0.15) is 13.5 Å². The molecule has 1 aromatic carbocycles. The standard InChI is InChI=1S/C17H18F2N4O3/c1-21(11-23-17(24)22-8-4-3-5-15(22)20-23)10-12-6-7-13(26-16(18)19)14(9-12)25-2/h3-9,16H,10-11H2,1-2H3. The maximum Gasteiger partial charge on any atom is 0.387 e. The summed E-state index contributed by atoms with van der Waals surface area (Å²) in [5, 5.41) is 4.27. The second kappa shape index (κ2) is 7.52. The molecule has 0 radical (unpaired) electrons. The van der Waals surface area contributed by atoms with E-state index in [2.05, 4.69) is 9.84 Å². The van der Waals surface area contributed by atoms with Crippen LogP contribution in [0.3, 0.4) is 0 Å². The first kappa shape index (κ1) is 17.9. The van der Waals surface area contributed by atoms with Crippen molar-refractivity contribution in [1.82, 2.24) is 19.1 Å². The molecule has 26 heavy (non-hydrogen) atoms. The van der Waals surface area contributed by atoms with Gasteiger partial charge in [0, 0.05) is 12.7 Å². The molecule has 0 saturated carbocycles. The van der Waals surface area contributed by atoms with Crippen LogP contribution in [0, 0.1) is 0 Å². The van der Waals surface area contributed by atoms with Gasteiger partial charge in [-0.3, -0.25) is 9.30 Å². The summed E-state index contributed by atoms with van der Waals surface area (Å²) in [6, 6.07) is 10.1. The topological polar surface area (TPSA) is 61.0 Å². The molecule has 3 rings (SSSR count). The first-order chi connectivity index (χ1) is 12.5. The Kier molecular flexibility index (Phi) is 5.17. The number of methoxy groups -OCH3 is 1. The van der Waals surface area contributed by atoms with Gasteiger partial charge in [0.25, 0.3) is 0 Å². The number of benzene rings is 1. The number of alkyl halides is 2. The molecule has 0 saturated heterocycles. The molecular formula is C17H18F2N4O3. The Labute approximate surface area is 148 Å². The van der Waals surface area contributed by atoms with Gasteiger partial charge in [0.2, 0.25) is 0 Å². The van der Waals surface area contributed by atoms with Crippen LogP contribution in [0.15, 0.2) is 47.4 Å². The molecule has 0 fully saturated rings. The van der Waals surface area contributed by atoms with Crippen molar-refractivity contribution in [3.63, 3.8) is 0 Å². The fourth-order valence-corrected chi connectivity index (χ4v) is 2.65. The molecule has 2 heterocycles. The average molecular weight is 364 g/mol. The van der Waals surface area contributed by atoms with Crippen LogP contribution in [0.5, 0.6) is 11.5 Å². The van der Waals surface area contributed by atoms with E-state index in [0.29, 0.717) is 12.2 Å². The third kappa shape index (κ3) is 3.83. The predicted molar refractivity (Wildman–Crippen MR) is 90.5 cm³/mol. The summed E-state index contributed by atoms with van der Waals surface area (Å²) in [5.74, 6) is 0.201. The largest absolute Gasteiger partial charge is 0.493 e. The summed E-state index contributed by atoms with van der Waals surface area (Å²) >= 11 is 0. The minimum absolute atomic E-state index is 0.0227. The summed E-state index contributed by atoms with van der Waals surface area (Å²) in [7, 11) is 3.21. The Morgan fingerprint density at radius 1 is 1.23 bits per heavy atom. The second-order valence-corrected chi connectivity index (χ2v) is 5.73. The van der Waals surface area contributed by atoms with Crippen molar-refractivity contribution >= 4 is 5.65 Å². The second-order valence-electron chi connectivity index (χ2n) is 5.73. The lowest BCUT2D eigenvalue weighted by Crippen LogP contribution is -2.30. The lowest BCUT2D eigenvalue weighted by molar-refractivity contribution is -0.0512. The van der Waals surface area contributed by atoms with E-state index in [-0.39, 0.29) is 23.9 Å². The van der Waals surface area contributed by atoms with E-state index in [1.807, 2.05) is 18.0 Å². The van der Waals surface area contributed by atoms with Crippen molar-refractivity contribution in [2.24, 2.45) is 0 Å². The first-order valence-electron chi connectivity index (χ1n) is 7.82. The molecule has 0 atom stereocenters. The maximum absolute atomic E-state index is 12.4. The zero-order chi connectivity index (χ0) is 18.7. The first-order valence-corrected chi connectivity index (χ1v) is 7.82. The van der Waals surface area contributed by atoms with Crippen molar-refractivity contribution in [2.75, 3.05) is 14.2 Å². The molecule has 3 aromatic rings. The summed E-state index contributed by atoms with van der Waals surface area (Å²) in [5.41, 5.74) is 1.16. The Hall–Kier alpha value is -2.94. The van der Waals surface area contributed by atoms with E-state index in [4.69, 9.17) is 4.74 Å². The average Bonchev–Trinajstić information content (AvgIpc) is 2.92. The van der Waals surface area contributed by atoms with Crippen molar-refractivity contribution in [1.29, 1.82) is 0 Å². The van der Waals surface area contributed by atoms with E-state index >= 15 is 0 Å².